The fourth-order valence-electron chi connectivity index (χ4n) is 4.14. The molecule has 0 saturated carbocycles. The lowest BCUT2D eigenvalue weighted by atomic mass is 10.1. The van der Waals surface area contributed by atoms with Crippen LogP contribution in [0.2, 0.25) is 0 Å². The van der Waals surface area contributed by atoms with Gasteiger partial charge in [0.2, 0.25) is 5.91 Å². The van der Waals surface area contributed by atoms with Gasteiger partial charge in [0.15, 0.2) is 0 Å². The Hall–Kier alpha value is -2.96. The Morgan fingerprint density at radius 3 is 2.38 bits per heavy atom. The van der Waals surface area contributed by atoms with Crippen LogP contribution in [-0.4, -0.2) is 60.4 Å². The van der Waals surface area contributed by atoms with E-state index in [1.165, 1.54) is 24.3 Å². The van der Waals surface area contributed by atoms with E-state index >= 15 is 0 Å². The highest BCUT2D eigenvalue weighted by Crippen LogP contribution is 2.24. The Morgan fingerprint density at radius 1 is 0.897 bits per heavy atom. The molecule has 4 rings (SSSR count). The van der Waals surface area contributed by atoms with Gasteiger partial charge >= 0.3 is 0 Å². The first-order valence-electron chi connectivity index (χ1n) is 9.89. The van der Waals surface area contributed by atoms with Gasteiger partial charge in [-0.15, -0.1) is 0 Å². The van der Waals surface area contributed by atoms with Crippen LogP contribution in [0.4, 0.5) is 14.5 Å². The van der Waals surface area contributed by atoms with Crippen LogP contribution in [0.5, 0.6) is 0 Å². The van der Waals surface area contributed by atoms with Crippen LogP contribution in [-0.2, 0) is 4.79 Å². The smallest absolute Gasteiger partial charge is 0.254 e. The molecule has 0 N–H and O–H groups in total. The number of benzene rings is 2. The second-order valence-electron chi connectivity index (χ2n) is 7.43. The highest BCUT2D eigenvalue weighted by molar-refractivity contribution is 5.98. The molecular weight excluding hydrogens is 376 g/mol. The first kappa shape index (κ1) is 19.4. The van der Waals surface area contributed by atoms with Crippen LogP contribution in [0.1, 0.15) is 23.2 Å². The Balaban J connectivity index is 1.41. The molecule has 1 atom stereocenters. The van der Waals surface area contributed by atoms with Gasteiger partial charge in [-0.25, -0.2) is 8.78 Å². The molecule has 0 bridgehead atoms. The number of piperazine rings is 1. The summed E-state index contributed by atoms with van der Waals surface area (Å²) in [4.78, 5) is 31.1. The number of likely N-dealkylation sites (tertiary alicyclic amines) is 1. The van der Waals surface area contributed by atoms with E-state index in [0.29, 0.717) is 44.8 Å². The van der Waals surface area contributed by atoms with Gasteiger partial charge in [0.1, 0.15) is 17.7 Å². The predicted molar refractivity (Wildman–Crippen MR) is 106 cm³/mol. The van der Waals surface area contributed by atoms with Crippen LogP contribution >= 0.6 is 0 Å². The van der Waals surface area contributed by atoms with E-state index in [2.05, 4.69) is 0 Å². The summed E-state index contributed by atoms with van der Waals surface area (Å²) >= 11 is 0. The molecule has 2 amide bonds. The summed E-state index contributed by atoms with van der Waals surface area (Å²) in [6.07, 6.45) is 1.35. The minimum Gasteiger partial charge on any atom is -0.366 e. The van der Waals surface area contributed by atoms with Crippen LogP contribution in [0, 0.1) is 11.6 Å². The first-order chi connectivity index (χ1) is 14.0. The average molecular weight is 399 g/mol. The third-order valence-corrected chi connectivity index (χ3v) is 5.65. The van der Waals surface area contributed by atoms with E-state index in [1.807, 2.05) is 4.90 Å². The van der Waals surface area contributed by atoms with Crippen LogP contribution < -0.4 is 4.90 Å². The molecule has 152 valence electrons. The van der Waals surface area contributed by atoms with Crippen molar-refractivity contribution in [3.05, 3.63) is 65.7 Å². The summed E-state index contributed by atoms with van der Waals surface area (Å²) in [6.45, 7) is 2.52. The lowest BCUT2D eigenvalue weighted by Gasteiger charge is -2.38. The molecule has 29 heavy (non-hydrogen) atoms. The Labute approximate surface area is 168 Å². The molecule has 2 aromatic carbocycles. The minimum atomic E-state index is -0.522. The number of anilines is 1. The zero-order valence-electron chi connectivity index (χ0n) is 16.1. The van der Waals surface area contributed by atoms with Gasteiger partial charge in [-0.05, 0) is 43.2 Å². The van der Waals surface area contributed by atoms with Gasteiger partial charge in [-0.1, -0.05) is 18.2 Å². The molecule has 2 aromatic rings. The number of nitrogens with zero attached hydrogens (tertiary/aromatic N) is 3. The Bertz CT molecular complexity index is 912. The molecule has 0 aromatic heterocycles. The fourth-order valence-corrected chi connectivity index (χ4v) is 4.14. The number of amides is 2. The van der Waals surface area contributed by atoms with E-state index in [0.717, 1.165) is 6.42 Å². The van der Waals surface area contributed by atoms with Gasteiger partial charge in [0.05, 0.1) is 5.69 Å². The van der Waals surface area contributed by atoms with E-state index in [4.69, 9.17) is 0 Å². The third kappa shape index (κ3) is 3.95. The summed E-state index contributed by atoms with van der Waals surface area (Å²) in [5, 5.41) is 0. The molecule has 0 spiro atoms. The second kappa shape index (κ2) is 8.19. The van der Waals surface area contributed by atoms with Crippen molar-refractivity contribution in [2.24, 2.45) is 0 Å². The fraction of sp³-hybridized carbons (Fsp3) is 0.364. The number of hydrogen-bond donors (Lipinski definition) is 0. The SMILES string of the molecule is O=C(C1CCCN1C(=O)c1cccc(F)c1)N1CCN(c2ccccc2F)CC1. The van der Waals surface area contributed by atoms with Gasteiger partial charge in [0, 0.05) is 38.3 Å². The van der Waals surface area contributed by atoms with Gasteiger partial charge in [-0.2, -0.15) is 0 Å². The normalized spacial score (nSPS) is 19.5. The number of para-hydroxylation sites is 1. The summed E-state index contributed by atoms with van der Waals surface area (Å²) in [5.74, 6) is -1.14. The highest BCUT2D eigenvalue weighted by Gasteiger charge is 2.37. The van der Waals surface area contributed by atoms with Crippen molar-refractivity contribution >= 4 is 17.5 Å². The molecule has 2 saturated heterocycles. The van der Waals surface area contributed by atoms with Crippen molar-refractivity contribution in [2.75, 3.05) is 37.6 Å². The molecule has 7 heteroatoms. The standard InChI is InChI=1S/C22H23F2N3O2/c23-17-6-3-5-16(15-17)21(28)27-10-4-9-20(27)22(29)26-13-11-25(12-14-26)19-8-2-1-7-18(19)24/h1-3,5-8,15,20H,4,9-14H2. The lowest BCUT2D eigenvalue weighted by molar-refractivity contribution is -0.135. The van der Waals surface area contributed by atoms with Crippen LogP contribution in [0.3, 0.4) is 0 Å². The second-order valence-corrected chi connectivity index (χ2v) is 7.43. The van der Waals surface area contributed by atoms with E-state index < -0.39 is 11.9 Å². The molecule has 2 aliphatic heterocycles. The van der Waals surface area contributed by atoms with Crippen molar-refractivity contribution in [1.82, 2.24) is 9.80 Å². The number of carbonyl (C=O) groups is 2. The zero-order valence-corrected chi connectivity index (χ0v) is 16.1. The number of halogens is 2. The maximum atomic E-state index is 14.0. The molecule has 5 nitrogen and oxygen atoms in total. The maximum Gasteiger partial charge on any atom is 0.254 e. The summed E-state index contributed by atoms with van der Waals surface area (Å²) < 4.78 is 27.5. The Kier molecular flexibility index (Phi) is 5.47. The van der Waals surface area contributed by atoms with Crippen LogP contribution in [0.15, 0.2) is 48.5 Å². The minimum absolute atomic E-state index is 0.0829. The molecule has 2 fully saturated rings. The van der Waals surface area contributed by atoms with Gasteiger partial charge in [0.25, 0.3) is 5.91 Å². The number of carbonyl (C=O) groups excluding carboxylic acids is 2. The lowest BCUT2D eigenvalue weighted by Crippen LogP contribution is -2.54. The van der Waals surface area contributed by atoms with Gasteiger partial charge in [-0.3, -0.25) is 9.59 Å². The molecule has 1 unspecified atom stereocenters. The zero-order chi connectivity index (χ0) is 20.4. The quantitative estimate of drug-likeness (QED) is 0.797. The van der Waals surface area contributed by atoms with E-state index in [1.54, 1.807) is 34.1 Å². The summed E-state index contributed by atoms with van der Waals surface area (Å²) in [5.41, 5.74) is 0.803. The number of hydrogen-bond acceptors (Lipinski definition) is 3. The highest BCUT2D eigenvalue weighted by atomic mass is 19.1. The van der Waals surface area contributed by atoms with Crippen molar-refractivity contribution < 1.29 is 18.4 Å². The van der Waals surface area contributed by atoms with Crippen molar-refractivity contribution in [3.8, 4) is 0 Å². The van der Waals surface area contributed by atoms with Gasteiger partial charge < -0.3 is 14.7 Å². The summed E-state index contributed by atoms with van der Waals surface area (Å²) in [6, 6.07) is 11.7. The molecular formula is C22H23F2N3O2. The first-order valence-corrected chi connectivity index (χ1v) is 9.89. The molecule has 2 heterocycles. The largest absolute Gasteiger partial charge is 0.366 e. The average Bonchev–Trinajstić information content (AvgIpc) is 3.23. The monoisotopic (exact) mass is 399 g/mol. The third-order valence-electron chi connectivity index (χ3n) is 5.65. The van der Waals surface area contributed by atoms with Crippen molar-refractivity contribution in [2.45, 2.75) is 18.9 Å². The van der Waals surface area contributed by atoms with Crippen molar-refractivity contribution in [3.63, 3.8) is 0 Å². The number of rotatable bonds is 3. The molecule has 2 aliphatic rings. The molecule has 0 aliphatic carbocycles. The maximum absolute atomic E-state index is 14.0. The van der Waals surface area contributed by atoms with E-state index in [-0.39, 0.29) is 23.2 Å². The van der Waals surface area contributed by atoms with E-state index in [9.17, 15) is 18.4 Å². The topological polar surface area (TPSA) is 43.9 Å². The van der Waals surface area contributed by atoms with Crippen molar-refractivity contribution in [1.29, 1.82) is 0 Å². The van der Waals surface area contributed by atoms with Crippen LogP contribution in [0.25, 0.3) is 0 Å². The Morgan fingerprint density at radius 2 is 1.66 bits per heavy atom. The predicted octanol–water partition coefficient (Wildman–Crippen LogP) is 2.92. The molecule has 0 radical (unpaired) electrons. The summed E-state index contributed by atoms with van der Waals surface area (Å²) in [7, 11) is 0.